The largest absolute Gasteiger partial charge is 0.468 e. The quantitative estimate of drug-likeness (QED) is 0.900. The lowest BCUT2D eigenvalue weighted by atomic mass is 9.94. The van der Waals surface area contributed by atoms with Crippen molar-refractivity contribution in [2.45, 2.75) is 57.4 Å². The molecule has 2 heterocycles. The van der Waals surface area contributed by atoms with Gasteiger partial charge in [0.25, 0.3) is 0 Å². The third-order valence-electron chi connectivity index (χ3n) is 4.13. The van der Waals surface area contributed by atoms with Crippen LogP contribution in [0.3, 0.4) is 0 Å². The second kappa shape index (κ2) is 5.51. The van der Waals surface area contributed by atoms with Gasteiger partial charge >= 0.3 is 0 Å². The molecule has 2 rings (SSSR count). The van der Waals surface area contributed by atoms with Crippen molar-refractivity contribution in [3.8, 4) is 0 Å². The Morgan fingerprint density at radius 3 is 2.50 bits per heavy atom. The molecule has 2 unspecified atom stereocenters. The standard InChI is InChI=1S/C16H28N2O2/c1-15(2)10-14(16(3,4)20-15)17-11-12(18(5)6)13-8-7-9-19-13/h7-9,12,14,17H,10-11H2,1-6H3. The van der Waals surface area contributed by atoms with Crippen LogP contribution < -0.4 is 5.32 Å². The molecule has 0 radical (unpaired) electrons. The summed E-state index contributed by atoms with van der Waals surface area (Å²) in [7, 11) is 4.16. The lowest BCUT2D eigenvalue weighted by molar-refractivity contribution is -0.0700. The van der Waals surface area contributed by atoms with Crippen molar-refractivity contribution in [3.05, 3.63) is 24.2 Å². The number of nitrogens with zero attached hydrogens (tertiary/aromatic N) is 1. The molecule has 114 valence electrons. The molecule has 1 aliphatic rings. The van der Waals surface area contributed by atoms with Gasteiger partial charge in [-0.3, -0.25) is 4.90 Å². The molecule has 0 aliphatic carbocycles. The zero-order chi connectivity index (χ0) is 15.0. The van der Waals surface area contributed by atoms with Crippen LogP contribution in [0.15, 0.2) is 22.8 Å². The normalized spacial score (nSPS) is 26.1. The molecule has 20 heavy (non-hydrogen) atoms. The van der Waals surface area contributed by atoms with Crippen molar-refractivity contribution < 1.29 is 9.15 Å². The number of furan rings is 1. The molecule has 1 saturated heterocycles. The van der Waals surface area contributed by atoms with Gasteiger partial charge in [0.2, 0.25) is 0 Å². The summed E-state index contributed by atoms with van der Waals surface area (Å²) in [6, 6.07) is 4.57. The number of rotatable bonds is 5. The molecule has 0 bridgehead atoms. The van der Waals surface area contributed by atoms with Crippen LogP contribution in [0, 0.1) is 0 Å². The van der Waals surface area contributed by atoms with Gasteiger partial charge in [0.15, 0.2) is 0 Å². The van der Waals surface area contributed by atoms with Gasteiger partial charge in [-0.05, 0) is 60.3 Å². The van der Waals surface area contributed by atoms with E-state index in [0.29, 0.717) is 6.04 Å². The zero-order valence-electron chi connectivity index (χ0n) is 13.6. The second-order valence-electron chi connectivity index (χ2n) is 7.12. The molecule has 1 aromatic heterocycles. The maximum Gasteiger partial charge on any atom is 0.122 e. The summed E-state index contributed by atoms with van der Waals surface area (Å²) in [5.41, 5.74) is -0.191. The average molecular weight is 280 g/mol. The van der Waals surface area contributed by atoms with Crippen molar-refractivity contribution in [1.29, 1.82) is 0 Å². The van der Waals surface area contributed by atoms with Crippen LogP contribution in [-0.2, 0) is 4.74 Å². The monoisotopic (exact) mass is 280 g/mol. The van der Waals surface area contributed by atoms with Crippen molar-refractivity contribution in [1.82, 2.24) is 10.2 Å². The van der Waals surface area contributed by atoms with E-state index in [1.54, 1.807) is 6.26 Å². The van der Waals surface area contributed by atoms with E-state index in [9.17, 15) is 0 Å². The van der Waals surface area contributed by atoms with Gasteiger partial charge in [0.1, 0.15) is 5.76 Å². The third-order valence-corrected chi connectivity index (χ3v) is 4.13. The predicted octanol–water partition coefficient (Wildman–Crippen LogP) is 2.82. The molecule has 0 saturated carbocycles. The maximum absolute atomic E-state index is 6.13. The Hall–Kier alpha value is -0.840. The second-order valence-corrected chi connectivity index (χ2v) is 7.12. The Balaban J connectivity index is 2.00. The minimum absolute atomic E-state index is 0.0561. The van der Waals surface area contributed by atoms with Crippen LogP contribution in [-0.4, -0.2) is 42.8 Å². The van der Waals surface area contributed by atoms with Crippen molar-refractivity contribution >= 4 is 0 Å². The highest BCUT2D eigenvalue weighted by Gasteiger charge is 2.45. The Bertz CT molecular complexity index is 424. The maximum atomic E-state index is 6.13. The highest BCUT2D eigenvalue weighted by Crippen LogP contribution is 2.37. The molecule has 2 atom stereocenters. The minimum atomic E-state index is -0.135. The van der Waals surface area contributed by atoms with Gasteiger partial charge in [-0.1, -0.05) is 0 Å². The summed E-state index contributed by atoms with van der Waals surface area (Å²) in [5, 5.41) is 3.67. The zero-order valence-corrected chi connectivity index (χ0v) is 13.6. The summed E-state index contributed by atoms with van der Waals surface area (Å²) in [6.07, 6.45) is 2.76. The van der Waals surface area contributed by atoms with Gasteiger partial charge in [-0.25, -0.2) is 0 Å². The van der Waals surface area contributed by atoms with E-state index >= 15 is 0 Å². The fraction of sp³-hybridized carbons (Fsp3) is 0.750. The molecule has 4 nitrogen and oxygen atoms in total. The molecular formula is C16H28N2O2. The Labute approximate surface area is 122 Å². The van der Waals surface area contributed by atoms with E-state index in [2.05, 4.69) is 52.0 Å². The number of ether oxygens (including phenoxy) is 1. The smallest absolute Gasteiger partial charge is 0.122 e. The Morgan fingerprint density at radius 2 is 2.05 bits per heavy atom. The fourth-order valence-electron chi connectivity index (χ4n) is 3.15. The number of hydrogen-bond acceptors (Lipinski definition) is 4. The van der Waals surface area contributed by atoms with E-state index in [4.69, 9.17) is 9.15 Å². The SMILES string of the molecule is CN(C)C(CNC1CC(C)(C)OC1(C)C)c1ccco1. The van der Waals surface area contributed by atoms with Crippen molar-refractivity contribution in [3.63, 3.8) is 0 Å². The average Bonchev–Trinajstić information content (AvgIpc) is 2.85. The molecule has 1 N–H and O–H groups in total. The lowest BCUT2D eigenvalue weighted by Crippen LogP contribution is -2.46. The third kappa shape index (κ3) is 3.43. The molecule has 0 aromatic carbocycles. The van der Waals surface area contributed by atoms with E-state index < -0.39 is 0 Å². The highest BCUT2D eigenvalue weighted by molar-refractivity contribution is 5.06. The molecule has 1 aromatic rings. The first-order valence-electron chi connectivity index (χ1n) is 7.35. The van der Waals surface area contributed by atoms with E-state index in [1.807, 2.05) is 12.1 Å². The lowest BCUT2D eigenvalue weighted by Gasteiger charge is -2.30. The molecule has 0 amide bonds. The van der Waals surface area contributed by atoms with Crippen molar-refractivity contribution in [2.24, 2.45) is 0 Å². The van der Waals surface area contributed by atoms with Gasteiger partial charge in [0, 0.05) is 12.6 Å². The van der Waals surface area contributed by atoms with Crippen LogP contribution in [0.25, 0.3) is 0 Å². The van der Waals surface area contributed by atoms with Crippen molar-refractivity contribution in [2.75, 3.05) is 20.6 Å². The van der Waals surface area contributed by atoms with E-state index in [0.717, 1.165) is 18.7 Å². The summed E-state index contributed by atoms with van der Waals surface area (Å²) in [5.74, 6) is 0.999. The Morgan fingerprint density at radius 1 is 1.35 bits per heavy atom. The molecule has 1 fully saturated rings. The van der Waals surface area contributed by atoms with Crippen LogP contribution in [0.2, 0.25) is 0 Å². The molecule has 1 aliphatic heterocycles. The van der Waals surface area contributed by atoms with Crippen LogP contribution in [0.4, 0.5) is 0 Å². The summed E-state index contributed by atoms with van der Waals surface area (Å²) >= 11 is 0. The number of hydrogen-bond donors (Lipinski definition) is 1. The molecule has 0 spiro atoms. The van der Waals surface area contributed by atoms with Gasteiger partial charge in [-0.15, -0.1) is 0 Å². The van der Waals surface area contributed by atoms with Crippen LogP contribution in [0.1, 0.15) is 45.9 Å². The Kier molecular flexibility index (Phi) is 4.28. The van der Waals surface area contributed by atoms with Gasteiger partial charge in [-0.2, -0.15) is 0 Å². The first kappa shape index (κ1) is 15.5. The van der Waals surface area contributed by atoms with Gasteiger partial charge in [0.05, 0.1) is 23.5 Å². The number of likely N-dealkylation sites (N-methyl/N-ethyl adjacent to an activating group) is 1. The van der Waals surface area contributed by atoms with Crippen LogP contribution in [0.5, 0.6) is 0 Å². The van der Waals surface area contributed by atoms with Crippen LogP contribution >= 0.6 is 0 Å². The summed E-state index contributed by atoms with van der Waals surface area (Å²) < 4.78 is 11.7. The summed E-state index contributed by atoms with van der Waals surface area (Å²) in [6.45, 7) is 9.50. The van der Waals surface area contributed by atoms with E-state index in [-0.39, 0.29) is 17.2 Å². The molecule has 4 heteroatoms. The van der Waals surface area contributed by atoms with Gasteiger partial charge < -0.3 is 14.5 Å². The summed E-state index contributed by atoms with van der Waals surface area (Å²) in [4.78, 5) is 2.18. The molecular weight excluding hydrogens is 252 g/mol. The van der Waals surface area contributed by atoms with E-state index in [1.165, 1.54) is 0 Å². The minimum Gasteiger partial charge on any atom is -0.468 e. The number of nitrogens with one attached hydrogen (secondary N) is 1. The fourth-order valence-corrected chi connectivity index (χ4v) is 3.15. The topological polar surface area (TPSA) is 37.6 Å². The first-order valence-corrected chi connectivity index (χ1v) is 7.35. The first-order chi connectivity index (χ1) is 9.21. The highest BCUT2D eigenvalue weighted by atomic mass is 16.5. The predicted molar refractivity (Wildman–Crippen MR) is 80.8 cm³/mol.